The Morgan fingerprint density at radius 2 is 2.12 bits per heavy atom. The molecule has 0 spiro atoms. The molecule has 1 atom stereocenters. The van der Waals surface area contributed by atoms with E-state index in [-0.39, 0.29) is 11.9 Å². The minimum Gasteiger partial charge on any atom is -0.349 e. The zero-order chi connectivity index (χ0) is 17.9. The van der Waals surface area contributed by atoms with E-state index in [2.05, 4.69) is 47.5 Å². The van der Waals surface area contributed by atoms with Gasteiger partial charge in [0.2, 0.25) is 0 Å². The maximum atomic E-state index is 12.7. The highest BCUT2D eigenvalue weighted by atomic mass is 32.1. The van der Waals surface area contributed by atoms with E-state index in [1.165, 1.54) is 10.4 Å². The van der Waals surface area contributed by atoms with Crippen molar-refractivity contribution in [2.75, 3.05) is 20.6 Å². The Balaban J connectivity index is 2.13. The second-order valence-corrected chi connectivity index (χ2v) is 7.53. The number of carbonyl (C=O) groups is 1. The molecule has 5 nitrogen and oxygen atoms in total. The molecule has 24 heavy (non-hydrogen) atoms. The van der Waals surface area contributed by atoms with Gasteiger partial charge in [-0.25, -0.2) is 0 Å². The molecule has 0 aliphatic carbocycles. The average molecular weight is 349 g/mol. The normalized spacial score (nSPS) is 12.8. The fraction of sp³-hybridized carbons (Fsp3) is 0.556. The van der Waals surface area contributed by atoms with Gasteiger partial charge < -0.3 is 10.2 Å². The summed E-state index contributed by atoms with van der Waals surface area (Å²) in [6.45, 7) is 9.57. The molecular formula is C18H28N4OS. The minimum atomic E-state index is -0.0580. The van der Waals surface area contributed by atoms with Gasteiger partial charge in [0.1, 0.15) is 5.69 Å². The third-order valence-corrected chi connectivity index (χ3v) is 5.33. The molecule has 1 amide bonds. The van der Waals surface area contributed by atoms with Gasteiger partial charge in [-0.2, -0.15) is 5.10 Å². The molecule has 2 heterocycles. The van der Waals surface area contributed by atoms with Crippen molar-refractivity contribution < 1.29 is 4.79 Å². The summed E-state index contributed by atoms with van der Waals surface area (Å²) >= 11 is 1.74. The summed E-state index contributed by atoms with van der Waals surface area (Å²) in [6, 6.07) is 4.21. The zero-order valence-corrected chi connectivity index (χ0v) is 16.3. The highest BCUT2D eigenvalue weighted by Crippen LogP contribution is 2.26. The van der Waals surface area contributed by atoms with Crippen LogP contribution in [-0.2, 0) is 6.54 Å². The van der Waals surface area contributed by atoms with Crippen molar-refractivity contribution in [1.82, 2.24) is 20.0 Å². The number of carbonyl (C=O) groups excluding carboxylic acids is 1. The average Bonchev–Trinajstić information content (AvgIpc) is 3.13. The molecule has 0 aliphatic heterocycles. The van der Waals surface area contributed by atoms with Crippen LogP contribution in [0.4, 0.5) is 0 Å². The van der Waals surface area contributed by atoms with E-state index in [9.17, 15) is 4.79 Å². The highest BCUT2D eigenvalue weighted by Gasteiger charge is 2.21. The van der Waals surface area contributed by atoms with Crippen molar-refractivity contribution in [2.24, 2.45) is 0 Å². The fourth-order valence-corrected chi connectivity index (χ4v) is 3.78. The van der Waals surface area contributed by atoms with E-state index in [1.54, 1.807) is 16.0 Å². The van der Waals surface area contributed by atoms with E-state index < -0.39 is 0 Å². The highest BCUT2D eigenvalue weighted by molar-refractivity contribution is 7.10. The quantitative estimate of drug-likeness (QED) is 0.834. The molecule has 2 rings (SSSR count). The Morgan fingerprint density at radius 1 is 1.42 bits per heavy atom. The van der Waals surface area contributed by atoms with Crippen LogP contribution in [0.1, 0.15) is 59.4 Å². The summed E-state index contributed by atoms with van der Waals surface area (Å²) < 4.78 is 1.78. The number of nitrogens with zero attached hydrogens (tertiary/aromatic N) is 3. The summed E-state index contributed by atoms with van der Waals surface area (Å²) in [6.07, 6.45) is 0. The number of hydrogen-bond donors (Lipinski definition) is 1. The Hall–Kier alpha value is -1.66. The van der Waals surface area contributed by atoms with Crippen molar-refractivity contribution in [2.45, 2.75) is 46.2 Å². The molecule has 2 aromatic heterocycles. The lowest BCUT2D eigenvalue weighted by Crippen LogP contribution is -2.35. The first-order valence-electron chi connectivity index (χ1n) is 8.41. The lowest BCUT2D eigenvalue weighted by atomic mass is 10.1. The van der Waals surface area contributed by atoms with Crippen LogP contribution in [-0.4, -0.2) is 41.2 Å². The smallest absolute Gasteiger partial charge is 0.269 e. The van der Waals surface area contributed by atoms with Gasteiger partial charge in [-0.05, 0) is 56.9 Å². The third kappa shape index (κ3) is 4.05. The van der Waals surface area contributed by atoms with E-state index in [0.29, 0.717) is 24.7 Å². The topological polar surface area (TPSA) is 50.2 Å². The van der Waals surface area contributed by atoms with Crippen LogP contribution >= 0.6 is 11.3 Å². The van der Waals surface area contributed by atoms with Gasteiger partial charge in [0, 0.05) is 18.0 Å². The number of thiophene rings is 1. The van der Waals surface area contributed by atoms with Gasteiger partial charge in [0.05, 0.1) is 11.7 Å². The van der Waals surface area contributed by atoms with Crippen molar-refractivity contribution in [3.63, 3.8) is 0 Å². The Bertz CT molecular complexity index is 687. The zero-order valence-electron chi connectivity index (χ0n) is 15.5. The van der Waals surface area contributed by atoms with E-state index in [0.717, 1.165) is 5.69 Å². The van der Waals surface area contributed by atoms with E-state index >= 15 is 0 Å². The largest absolute Gasteiger partial charge is 0.349 e. The van der Waals surface area contributed by atoms with Gasteiger partial charge in [0.25, 0.3) is 5.91 Å². The Morgan fingerprint density at radius 3 is 2.62 bits per heavy atom. The van der Waals surface area contributed by atoms with Crippen molar-refractivity contribution in [3.05, 3.63) is 39.3 Å². The van der Waals surface area contributed by atoms with E-state index in [1.807, 2.05) is 27.1 Å². The van der Waals surface area contributed by atoms with Gasteiger partial charge >= 0.3 is 0 Å². The number of aryl methyl sites for hydroxylation is 2. The summed E-state index contributed by atoms with van der Waals surface area (Å²) in [7, 11) is 4.09. The third-order valence-electron chi connectivity index (χ3n) is 4.21. The second kappa shape index (κ2) is 7.94. The molecule has 0 bridgehead atoms. The summed E-state index contributed by atoms with van der Waals surface area (Å²) in [5, 5.41) is 9.71. The Kier molecular flexibility index (Phi) is 6.18. The van der Waals surface area contributed by atoms with Crippen molar-refractivity contribution >= 4 is 17.2 Å². The van der Waals surface area contributed by atoms with Crippen LogP contribution in [0.25, 0.3) is 0 Å². The molecule has 0 unspecified atom stereocenters. The second-order valence-electron chi connectivity index (χ2n) is 6.58. The molecule has 0 aromatic carbocycles. The molecule has 0 saturated heterocycles. The summed E-state index contributed by atoms with van der Waals surface area (Å²) in [5.74, 6) is 0.255. The van der Waals surface area contributed by atoms with E-state index in [4.69, 9.17) is 0 Å². The predicted molar refractivity (Wildman–Crippen MR) is 99.8 cm³/mol. The number of amides is 1. The van der Waals surface area contributed by atoms with Crippen LogP contribution in [0.2, 0.25) is 0 Å². The maximum absolute atomic E-state index is 12.7. The molecular weight excluding hydrogens is 320 g/mol. The molecule has 0 fully saturated rings. The molecule has 132 valence electrons. The summed E-state index contributed by atoms with van der Waals surface area (Å²) in [4.78, 5) is 16.1. The molecule has 0 aliphatic rings. The fourth-order valence-electron chi connectivity index (χ4n) is 2.66. The van der Waals surface area contributed by atoms with Gasteiger partial charge in [0.15, 0.2) is 0 Å². The Labute approximate surface area is 148 Å². The SMILES string of the molecule is CCn1nc(C(C)C)cc1C(=O)NC[C@@H](c1sccc1C)N(C)C. The number of nitrogens with one attached hydrogen (secondary N) is 1. The number of aromatic nitrogens is 2. The first-order chi connectivity index (χ1) is 11.3. The molecule has 1 N–H and O–H groups in total. The monoisotopic (exact) mass is 348 g/mol. The molecule has 2 aromatic rings. The lowest BCUT2D eigenvalue weighted by molar-refractivity contribution is 0.0931. The molecule has 6 heteroatoms. The van der Waals surface area contributed by atoms with Gasteiger partial charge in [-0.3, -0.25) is 9.48 Å². The van der Waals surface area contributed by atoms with Crippen LogP contribution in [0, 0.1) is 6.92 Å². The van der Waals surface area contributed by atoms with Gasteiger partial charge in [-0.15, -0.1) is 11.3 Å². The van der Waals surface area contributed by atoms with Crippen molar-refractivity contribution in [1.29, 1.82) is 0 Å². The minimum absolute atomic E-state index is 0.0580. The number of hydrogen-bond acceptors (Lipinski definition) is 4. The lowest BCUT2D eigenvalue weighted by Gasteiger charge is -2.24. The van der Waals surface area contributed by atoms with Crippen LogP contribution in [0.15, 0.2) is 17.5 Å². The summed E-state index contributed by atoms with van der Waals surface area (Å²) in [5.41, 5.74) is 2.87. The first-order valence-corrected chi connectivity index (χ1v) is 9.29. The predicted octanol–water partition coefficient (Wildman–Crippen LogP) is 3.43. The van der Waals surface area contributed by atoms with Crippen LogP contribution in [0.3, 0.4) is 0 Å². The van der Waals surface area contributed by atoms with Gasteiger partial charge in [-0.1, -0.05) is 13.8 Å². The van der Waals surface area contributed by atoms with Crippen LogP contribution in [0.5, 0.6) is 0 Å². The number of likely N-dealkylation sites (N-methyl/N-ethyl adjacent to an activating group) is 1. The number of rotatable bonds is 7. The van der Waals surface area contributed by atoms with Crippen LogP contribution < -0.4 is 5.32 Å². The maximum Gasteiger partial charge on any atom is 0.269 e. The molecule has 0 saturated carbocycles. The van der Waals surface area contributed by atoms with Crippen molar-refractivity contribution in [3.8, 4) is 0 Å². The standard InChI is InChI=1S/C18H28N4OS/c1-7-22-15(10-14(20-22)12(2)3)18(23)19-11-16(21(5)6)17-13(4)8-9-24-17/h8-10,12,16H,7,11H2,1-6H3,(H,19,23)/t16-/m0/s1. The molecule has 0 radical (unpaired) electrons. The first kappa shape index (κ1) is 18.7.